The topological polar surface area (TPSA) is 77.8 Å². The van der Waals surface area contributed by atoms with E-state index in [0.717, 1.165) is 0 Å². The Kier molecular flexibility index (Phi) is 8.02. The Morgan fingerprint density at radius 2 is 1.77 bits per heavy atom. The summed E-state index contributed by atoms with van der Waals surface area (Å²) in [6.07, 6.45) is 0. The van der Waals surface area contributed by atoms with Gasteiger partial charge in [0, 0.05) is 31.5 Å². The third kappa shape index (κ3) is 4.15. The highest BCUT2D eigenvalue weighted by Gasteiger charge is 2.32. The maximum absolute atomic E-state index is 13.2. The molecule has 1 aromatic rings. The van der Waals surface area contributed by atoms with Crippen molar-refractivity contribution in [2.45, 2.75) is 54.1 Å². The van der Waals surface area contributed by atoms with E-state index in [9.17, 15) is 14.4 Å². The lowest BCUT2D eigenvalue weighted by Crippen LogP contribution is -2.45. The summed E-state index contributed by atoms with van der Waals surface area (Å²) in [5, 5.41) is 0. The zero-order valence-electron chi connectivity index (χ0n) is 16.8. The molecule has 0 N–H and O–H groups in total. The summed E-state index contributed by atoms with van der Waals surface area (Å²) in [5.41, 5.74) is 2.18. The minimum Gasteiger partial charge on any atom is -0.461 e. The minimum atomic E-state index is -0.650. The molecule has 1 amide bonds. The number of carbonyl (C=O) groups is 3. The van der Waals surface area contributed by atoms with Gasteiger partial charge >= 0.3 is 5.97 Å². The quantitative estimate of drug-likeness (QED) is 0.495. The number of rotatable bonds is 9. The van der Waals surface area contributed by atoms with Crippen molar-refractivity contribution in [1.82, 2.24) is 9.47 Å². The summed E-state index contributed by atoms with van der Waals surface area (Å²) in [6.45, 7) is 11.9. The summed E-state index contributed by atoms with van der Waals surface area (Å²) in [4.78, 5) is 39.2. The number of ketones is 1. The third-order valence-corrected chi connectivity index (χ3v) is 4.57. The molecule has 1 atom stereocenters. The summed E-state index contributed by atoms with van der Waals surface area (Å²) >= 11 is 0. The first-order valence-electron chi connectivity index (χ1n) is 8.95. The number of likely N-dealkylation sites (N-methyl/N-ethyl adjacent to an activating group) is 1. The van der Waals surface area contributed by atoms with Gasteiger partial charge in [-0.05, 0) is 47.1 Å². The van der Waals surface area contributed by atoms with Gasteiger partial charge in [0.25, 0.3) is 0 Å². The van der Waals surface area contributed by atoms with E-state index < -0.39 is 12.0 Å². The van der Waals surface area contributed by atoms with E-state index in [0.29, 0.717) is 35.6 Å². The van der Waals surface area contributed by atoms with Crippen LogP contribution in [0.2, 0.25) is 0 Å². The molecule has 26 heavy (non-hydrogen) atoms. The molecular weight excluding hydrogens is 336 g/mol. The van der Waals surface area contributed by atoms with Gasteiger partial charge in [-0.1, -0.05) is 0 Å². The molecule has 0 radical (unpaired) electrons. The second-order valence-corrected chi connectivity index (χ2v) is 6.05. The van der Waals surface area contributed by atoms with Crippen molar-refractivity contribution in [3.05, 3.63) is 22.5 Å². The third-order valence-electron chi connectivity index (χ3n) is 4.57. The number of hydrogen-bond acceptors (Lipinski definition) is 5. The Balaban J connectivity index is 3.35. The fraction of sp³-hybridized carbons (Fsp3) is 0.632. The first-order valence-corrected chi connectivity index (χ1v) is 8.95. The molecule has 1 heterocycles. The van der Waals surface area contributed by atoms with Crippen LogP contribution in [0.15, 0.2) is 0 Å². The maximum Gasteiger partial charge on any atom is 0.355 e. The van der Waals surface area contributed by atoms with Crippen LogP contribution in [0, 0.1) is 13.8 Å². The van der Waals surface area contributed by atoms with Gasteiger partial charge in [0.1, 0.15) is 12.3 Å². The Hall–Kier alpha value is -2.15. The lowest BCUT2D eigenvalue weighted by molar-refractivity contribution is -0.136. The van der Waals surface area contributed by atoms with Crippen LogP contribution in [-0.4, -0.2) is 60.0 Å². The van der Waals surface area contributed by atoms with Gasteiger partial charge in [0.15, 0.2) is 5.78 Å². The summed E-state index contributed by atoms with van der Waals surface area (Å²) in [7, 11) is 1.44. The minimum absolute atomic E-state index is 0.0759. The molecule has 7 heteroatoms. The molecule has 146 valence electrons. The van der Waals surface area contributed by atoms with Crippen LogP contribution in [0.25, 0.3) is 0 Å². The number of hydrogen-bond donors (Lipinski definition) is 0. The number of ether oxygens (including phenoxy) is 2. The fourth-order valence-corrected chi connectivity index (χ4v) is 3.34. The predicted octanol–water partition coefficient (Wildman–Crippen LogP) is 2.37. The molecule has 0 spiro atoms. The Morgan fingerprint density at radius 3 is 2.23 bits per heavy atom. The number of methoxy groups -OCH3 is 1. The van der Waals surface area contributed by atoms with Gasteiger partial charge in [-0.2, -0.15) is 0 Å². The summed E-state index contributed by atoms with van der Waals surface area (Å²) in [5.74, 6) is -0.875. The van der Waals surface area contributed by atoms with Crippen LogP contribution < -0.4 is 0 Å². The molecule has 0 aliphatic carbocycles. The molecule has 1 aromatic heterocycles. The Labute approximate surface area is 155 Å². The number of esters is 1. The predicted molar refractivity (Wildman–Crippen MR) is 98.6 cm³/mol. The van der Waals surface area contributed by atoms with Crippen molar-refractivity contribution in [3.8, 4) is 0 Å². The number of Topliss-reactive ketones (excluding diaryl/α,β-unsaturated/α-hetero) is 1. The van der Waals surface area contributed by atoms with Crippen LogP contribution in [0.1, 0.15) is 59.8 Å². The molecule has 0 aliphatic heterocycles. The largest absolute Gasteiger partial charge is 0.461 e. The average Bonchev–Trinajstić information content (AvgIpc) is 2.85. The van der Waals surface area contributed by atoms with E-state index in [2.05, 4.69) is 0 Å². The molecule has 0 aromatic carbocycles. The molecule has 0 saturated carbocycles. The van der Waals surface area contributed by atoms with Gasteiger partial charge in [-0.25, -0.2) is 4.79 Å². The van der Waals surface area contributed by atoms with Crippen LogP contribution in [0.4, 0.5) is 0 Å². The van der Waals surface area contributed by atoms with Crippen LogP contribution >= 0.6 is 0 Å². The normalized spacial score (nSPS) is 12.0. The van der Waals surface area contributed by atoms with Crippen molar-refractivity contribution in [1.29, 1.82) is 0 Å². The average molecular weight is 366 g/mol. The molecule has 0 aliphatic rings. The van der Waals surface area contributed by atoms with Crippen molar-refractivity contribution >= 4 is 17.7 Å². The number of nitrogens with zero attached hydrogens (tertiary/aromatic N) is 2. The highest BCUT2D eigenvalue weighted by atomic mass is 16.5. The Bertz CT molecular complexity index is 678. The van der Waals surface area contributed by atoms with Gasteiger partial charge in [-0.15, -0.1) is 0 Å². The molecule has 0 bridgehead atoms. The Morgan fingerprint density at radius 1 is 1.15 bits per heavy atom. The van der Waals surface area contributed by atoms with Crippen molar-refractivity contribution < 1.29 is 23.9 Å². The van der Waals surface area contributed by atoms with Crippen LogP contribution in [-0.2, 0) is 20.8 Å². The molecule has 1 rings (SSSR count). The number of aromatic nitrogens is 1. The zero-order valence-corrected chi connectivity index (χ0v) is 16.8. The number of amides is 1. The van der Waals surface area contributed by atoms with E-state index in [1.54, 1.807) is 25.3 Å². The second-order valence-electron chi connectivity index (χ2n) is 6.05. The van der Waals surface area contributed by atoms with Gasteiger partial charge in [0.2, 0.25) is 5.91 Å². The first kappa shape index (κ1) is 21.9. The smallest absolute Gasteiger partial charge is 0.355 e. The standard InChI is InChI=1S/C19H30N2O5/c1-8-20(15(22)11-25-7)14(6)18(23)16-12(4)17(19(24)26-10-3)21(9-2)13(16)5/h14H,8-11H2,1-7H3. The van der Waals surface area contributed by atoms with Crippen molar-refractivity contribution in [2.75, 3.05) is 26.9 Å². The maximum atomic E-state index is 13.2. The van der Waals surface area contributed by atoms with Gasteiger partial charge < -0.3 is 18.9 Å². The van der Waals surface area contributed by atoms with E-state index in [4.69, 9.17) is 9.47 Å². The van der Waals surface area contributed by atoms with Crippen molar-refractivity contribution in [2.24, 2.45) is 0 Å². The van der Waals surface area contributed by atoms with E-state index in [1.807, 2.05) is 20.8 Å². The lowest BCUT2D eigenvalue weighted by Gasteiger charge is -2.27. The fourth-order valence-electron chi connectivity index (χ4n) is 3.34. The molecular formula is C19H30N2O5. The van der Waals surface area contributed by atoms with E-state index in [-0.39, 0.29) is 24.9 Å². The van der Waals surface area contributed by atoms with Gasteiger partial charge in [-0.3, -0.25) is 9.59 Å². The number of carbonyl (C=O) groups excluding carboxylic acids is 3. The molecule has 0 saturated heterocycles. The van der Waals surface area contributed by atoms with Crippen LogP contribution in [0.3, 0.4) is 0 Å². The SMILES string of the molecule is CCOC(=O)c1c(C)c(C(=O)C(C)N(CC)C(=O)COC)c(C)n1CC. The zero-order chi connectivity index (χ0) is 20.0. The molecule has 0 fully saturated rings. The summed E-state index contributed by atoms with van der Waals surface area (Å²) in [6, 6.07) is -0.650. The first-order chi connectivity index (χ1) is 12.3. The van der Waals surface area contributed by atoms with Crippen molar-refractivity contribution in [3.63, 3.8) is 0 Å². The van der Waals surface area contributed by atoms with Crippen LogP contribution in [0.5, 0.6) is 0 Å². The monoisotopic (exact) mass is 366 g/mol. The molecule has 7 nitrogen and oxygen atoms in total. The highest BCUT2D eigenvalue weighted by molar-refractivity contribution is 6.06. The van der Waals surface area contributed by atoms with Gasteiger partial charge in [0.05, 0.1) is 12.6 Å². The van der Waals surface area contributed by atoms with E-state index >= 15 is 0 Å². The summed E-state index contributed by atoms with van der Waals surface area (Å²) < 4.78 is 11.8. The van der Waals surface area contributed by atoms with E-state index in [1.165, 1.54) is 12.0 Å². The second kappa shape index (κ2) is 9.52. The highest BCUT2D eigenvalue weighted by Crippen LogP contribution is 2.25. The lowest BCUT2D eigenvalue weighted by atomic mass is 10.00. The molecule has 1 unspecified atom stereocenters.